The molecule has 3 aliphatic heterocycles. The van der Waals surface area contributed by atoms with Gasteiger partial charge in [-0.25, -0.2) is 0 Å². The van der Waals surface area contributed by atoms with E-state index in [1.165, 1.54) is 0 Å². The van der Waals surface area contributed by atoms with E-state index in [1.54, 1.807) is 0 Å². The first-order valence-corrected chi connectivity index (χ1v) is 24.2. The summed E-state index contributed by atoms with van der Waals surface area (Å²) >= 11 is 0. The normalized spacial score (nSPS) is 34.1. The first kappa shape index (κ1) is 58.3. The van der Waals surface area contributed by atoms with Crippen LogP contribution in [0.15, 0.2) is 36.5 Å². The van der Waals surface area contributed by atoms with Crippen molar-refractivity contribution < 1.29 is 89.4 Å². The average molecular weight is 950 g/mol. The number of nitrogens with one attached hydrogen (secondary N) is 1. The smallest absolute Gasteiger partial charge is 0.220 e. The van der Waals surface area contributed by atoms with Crippen molar-refractivity contribution in [2.24, 2.45) is 0 Å². The van der Waals surface area contributed by atoms with Crippen LogP contribution in [0.25, 0.3) is 0 Å². The third-order valence-electron chi connectivity index (χ3n) is 12.2. The minimum atomic E-state index is -1.97. The van der Waals surface area contributed by atoms with E-state index in [0.29, 0.717) is 19.3 Å². The Kier molecular flexibility index (Phi) is 28.9. The molecule has 0 bridgehead atoms. The predicted octanol–water partition coefficient (Wildman–Crippen LogP) is 0.637. The Morgan fingerprint density at radius 2 is 1.05 bits per heavy atom. The van der Waals surface area contributed by atoms with Gasteiger partial charge in [0.2, 0.25) is 5.91 Å². The molecule has 0 radical (unpaired) electrons. The Labute approximate surface area is 390 Å². The highest BCUT2D eigenvalue weighted by molar-refractivity contribution is 5.76. The van der Waals surface area contributed by atoms with Gasteiger partial charge in [0.25, 0.3) is 0 Å². The average Bonchev–Trinajstić information content (AvgIpc) is 3.31. The molecule has 0 saturated carbocycles. The molecule has 3 fully saturated rings. The van der Waals surface area contributed by atoms with E-state index in [-0.39, 0.29) is 18.9 Å². The van der Waals surface area contributed by atoms with Crippen LogP contribution < -0.4 is 5.32 Å². The highest BCUT2D eigenvalue weighted by Gasteiger charge is 2.53. The fourth-order valence-electron chi connectivity index (χ4n) is 8.15. The molecule has 0 aromatic carbocycles. The van der Waals surface area contributed by atoms with E-state index in [2.05, 4.69) is 55.6 Å². The number of rotatable bonds is 32. The van der Waals surface area contributed by atoms with Crippen molar-refractivity contribution in [3.05, 3.63) is 36.5 Å². The number of unbranched alkanes of at least 4 members (excludes halogenated alkanes) is 10. The molecule has 1 amide bonds. The van der Waals surface area contributed by atoms with Crippen LogP contribution in [0.5, 0.6) is 0 Å². The second-order valence-electron chi connectivity index (χ2n) is 17.5. The lowest BCUT2D eigenvalue weighted by atomic mass is 9.96. The summed E-state index contributed by atoms with van der Waals surface area (Å²) < 4.78 is 33.9. The van der Waals surface area contributed by atoms with Crippen molar-refractivity contribution in [3.8, 4) is 0 Å². The Balaban J connectivity index is 1.49. The topological polar surface area (TPSA) is 307 Å². The molecule has 3 saturated heterocycles. The third kappa shape index (κ3) is 19.1. The second-order valence-corrected chi connectivity index (χ2v) is 17.5. The molecular weight excluding hydrogens is 867 g/mol. The molecule has 17 unspecified atom stereocenters. The van der Waals surface area contributed by atoms with Crippen molar-refractivity contribution in [3.63, 3.8) is 0 Å². The molecule has 17 atom stereocenters. The van der Waals surface area contributed by atoms with Crippen LogP contribution >= 0.6 is 0 Å². The zero-order chi connectivity index (χ0) is 48.4. The van der Waals surface area contributed by atoms with Gasteiger partial charge in [-0.2, -0.15) is 0 Å². The maximum atomic E-state index is 13.1. The number of amides is 1. The van der Waals surface area contributed by atoms with Crippen LogP contribution in [-0.2, 0) is 33.2 Å². The van der Waals surface area contributed by atoms with E-state index < -0.39 is 124 Å². The fraction of sp³-hybridized carbons (Fsp3) is 0.851. The second kappa shape index (κ2) is 32.8. The molecule has 66 heavy (non-hydrogen) atoms. The summed E-state index contributed by atoms with van der Waals surface area (Å²) in [6, 6.07) is -0.887. The van der Waals surface area contributed by atoms with E-state index in [0.717, 1.165) is 83.5 Å². The molecule has 0 spiro atoms. The quantitative estimate of drug-likeness (QED) is 0.0325. The lowest BCUT2D eigenvalue weighted by Gasteiger charge is -2.48. The zero-order valence-electron chi connectivity index (χ0n) is 38.9. The summed E-state index contributed by atoms with van der Waals surface area (Å²) in [5.74, 6) is -0.266. The van der Waals surface area contributed by atoms with Gasteiger partial charge < -0.3 is 89.9 Å². The van der Waals surface area contributed by atoms with E-state index >= 15 is 0 Å². The summed E-state index contributed by atoms with van der Waals surface area (Å²) in [6.45, 7) is 1.48. The van der Waals surface area contributed by atoms with Crippen LogP contribution in [0.4, 0.5) is 0 Å². The van der Waals surface area contributed by atoms with E-state index in [9.17, 15) is 61.0 Å². The summed E-state index contributed by atoms with van der Waals surface area (Å²) in [5, 5.41) is 119. The first-order valence-electron chi connectivity index (χ1n) is 24.2. The summed E-state index contributed by atoms with van der Waals surface area (Å²) in [4.78, 5) is 13.1. The van der Waals surface area contributed by atoms with Crippen LogP contribution in [0.2, 0.25) is 0 Å². The minimum absolute atomic E-state index is 0.252. The lowest BCUT2D eigenvalue weighted by Crippen LogP contribution is -2.66. The molecule has 12 N–H and O–H groups in total. The van der Waals surface area contributed by atoms with Gasteiger partial charge in [0.15, 0.2) is 18.9 Å². The van der Waals surface area contributed by atoms with Crippen molar-refractivity contribution >= 4 is 5.91 Å². The third-order valence-corrected chi connectivity index (χ3v) is 12.2. The van der Waals surface area contributed by atoms with E-state index in [4.69, 9.17) is 28.4 Å². The Bertz CT molecular complexity index is 1370. The predicted molar refractivity (Wildman–Crippen MR) is 240 cm³/mol. The Morgan fingerprint density at radius 1 is 0.561 bits per heavy atom. The van der Waals surface area contributed by atoms with Gasteiger partial charge in [-0.3, -0.25) is 4.79 Å². The summed E-state index contributed by atoms with van der Waals surface area (Å²) in [7, 11) is 0. The molecule has 0 aromatic heterocycles. The van der Waals surface area contributed by atoms with Gasteiger partial charge in [0, 0.05) is 6.42 Å². The van der Waals surface area contributed by atoms with Crippen LogP contribution in [0, 0.1) is 0 Å². The fourth-order valence-corrected chi connectivity index (χ4v) is 8.15. The Morgan fingerprint density at radius 3 is 1.62 bits per heavy atom. The highest BCUT2D eigenvalue weighted by atomic mass is 16.8. The largest absolute Gasteiger partial charge is 0.394 e. The van der Waals surface area contributed by atoms with Gasteiger partial charge >= 0.3 is 0 Å². The number of carbonyl (C=O) groups is 1. The van der Waals surface area contributed by atoms with Crippen LogP contribution in [0.3, 0.4) is 0 Å². The monoisotopic (exact) mass is 950 g/mol. The number of aliphatic hydroxyl groups is 11. The van der Waals surface area contributed by atoms with Crippen LogP contribution in [-0.4, -0.2) is 193 Å². The maximum Gasteiger partial charge on any atom is 0.220 e. The Hall–Kier alpha value is -1.99. The molecule has 3 aliphatic rings. The van der Waals surface area contributed by atoms with Crippen molar-refractivity contribution in [2.75, 3.05) is 26.4 Å². The SMILES string of the molecule is CC/C=C\C/C=C\C/C=C\CCCCCCCCCC(=O)NC(COC1OC(CO)C(OC2OC(CO)C(OC3OC(CO)C(O)C(O)C3O)C(O)C2O)C(O)C1O)C(O)CCCCCC. The molecule has 0 aromatic rings. The van der Waals surface area contributed by atoms with Gasteiger partial charge in [0.05, 0.1) is 38.6 Å². The number of carbonyl (C=O) groups excluding carboxylic acids is 1. The van der Waals surface area contributed by atoms with Gasteiger partial charge in [0.1, 0.15) is 73.2 Å². The summed E-state index contributed by atoms with van der Waals surface area (Å²) in [6.07, 6.45) is 2.04. The molecule has 0 aliphatic carbocycles. The molecular formula is C47H83NO18. The zero-order valence-corrected chi connectivity index (χ0v) is 38.9. The standard InChI is InChI=1S/C47H83NO18/c1-3-5-7-9-10-11-12-13-14-15-16-17-18-19-20-21-23-25-35(53)48-30(31(52)24-22-8-6-4-2)29-61-45-41(59)38(56)43(33(27-50)63-45)66-47-42(60)39(57)44(34(28-51)64-47)65-46-40(58)37(55)36(54)32(26-49)62-46/h5,7,10-11,13-14,30-34,36-47,49-52,54-60H,3-4,6,8-9,12,15-29H2,1-2H3,(H,48,53)/b7-5-,11-10-,14-13-. The number of ether oxygens (including phenoxy) is 6. The van der Waals surface area contributed by atoms with Crippen molar-refractivity contribution in [1.29, 1.82) is 0 Å². The van der Waals surface area contributed by atoms with Crippen molar-refractivity contribution in [1.82, 2.24) is 5.32 Å². The molecule has 3 heterocycles. The highest BCUT2D eigenvalue weighted by Crippen LogP contribution is 2.33. The minimum Gasteiger partial charge on any atom is -0.394 e. The first-order chi connectivity index (χ1) is 31.8. The number of aliphatic hydroxyl groups excluding tert-OH is 11. The van der Waals surface area contributed by atoms with Crippen molar-refractivity contribution in [2.45, 2.75) is 227 Å². The van der Waals surface area contributed by atoms with Gasteiger partial charge in [-0.15, -0.1) is 0 Å². The molecule has 384 valence electrons. The van der Waals surface area contributed by atoms with Crippen LogP contribution in [0.1, 0.15) is 123 Å². The maximum absolute atomic E-state index is 13.1. The number of hydrogen-bond donors (Lipinski definition) is 12. The van der Waals surface area contributed by atoms with Gasteiger partial charge in [-0.1, -0.05) is 108 Å². The number of hydrogen-bond acceptors (Lipinski definition) is 18. The summed E-state index contributed by atoms with van der Waals surface area (Å²) in [5.41, 5.74) is 0. The lowest BCUT2D eigenvalue weighted by molar-refractivity contribution is -0.379. The van der Waals surface area contributed by atoms with E-state index in [1.807, 2.05) is 0 Å². The van der Waals surface area contributed by atoms with Gasteiger partial charge in [-0.05, 0) is 44.9 Å². The number of allylic oxidation sites excluding steroid dienone is 6. The molecule has 3 rings (SSSR count). The molecule has 19 nitrogen and oxygen atoms in total. The molecule has 19 heteroatoms.